The maximum absolute atomic E-state index is 14.3. The van der Waals surface area contributed by atoms with Crippen molar-refractivity contribution in [3.63, 3.8) is 0 Å². The van der Waals surface area contributed by atoms with Gasteiger partial charge in [-0.2, -0.15) is 20.0 Å². The molecule has 256 valence electrons. The maximum atomic E-state index is 14.3. The lowest BCUT2D eigenvalue weighted by molar-refractivity contribution is -0.0401. The third-order valence-corrected chi connectivity index (χ3v) is 8.93. The zero-order valence-corrected chi connectivity index (χ0v) is 28.1. The summed E-state index contributed by atoms with van der Waals surface area (Å²) in [7, 11) is -5.06. The molecule has 5 N–H and O–H groups in total. The van der Waals surface area contributed by atoms with E-state index in [1.165, 1.54) is 37.5 Å². The zero-order chi connectivity index (χ0) is 35.7. The number of phosphoric acid groups is 1. The van der Waals surface area contributed by atoms with Crippen molar-refractivity contribution in [1.29, 1.82) is 16.1 Å². The molecular weight excluding hydrogens is 656 g/mol. The second-order valence-corrected chi connectivity index (χ2v) is 14.6. The van der Waals surface area contributed by atoms with Crippen molar-refractivity contribution in [1.82, 2.24) is 15.3 Å². The molecule has 3 aromatic rings. The number of nitriles is 2. The number of pyridine rings is 2. The molecule has 17 heteroatoms. The molecule has 0 saturated heterocycles. The summed E-state index contributed by atoms with van der Waals surface area (Å²) in [6.45, 7) is 6.72. The van der Waals surface area contributed by atoms with E-state index >= 15 is 0 Å². The summed E-state index contributed by atoms with van der Waals surface area (Å²) < 4.78 is 35.3. The zero-order valence-electron chi connectivity index (χ0n) is 27.2. The number of hydrogen-bond donors (Lipinski definition) is 5. The number of amides is 1. The van der Waals surface area contributed by atoms with Crippen molar-refractivity contribution >= 4 is 36.2 Å². The van der Waals surface area contributed by atoms with Crippen molar-refractivity contribution in [2.45, 2.75) is 58.5 Å². The molecule has 2 bridgehead atoms. The van der Waals surface area contributed by atoms with Gasteiger partial charge in [-0.15, -0.1) is 0 Å². The van der Waals surface area contributed by atoms with E-state index in [9.17, 15) is 34.1 Å². The highest BCUT2D eigenvalue weighted by molar-refractivity contribution is 7.46. The van der Waals surface area contributed by atoms with Crippen LogP contribution in [0.4, 0.5) is 20.6 Å². The van der Waals surface area contributed by atoms with Crippen LogP contribution in [0.3, 0.4) is 0 Å². The molecule has 3 fully saturated rings. The summed E-state index contributed by atoms with van der Waals surface area (Å²) in [5.74, 6) is -0.182. The van der Waals surface area contributed by atoms with Crippen LogP contribution in [0, 0.1) is 52.4 Å². The van der Waals surface area contributed by atoms with Crippen LogP contribution in [0.15, 0.2) is 47.5 Å². The number of rotatable bonds is 12. The first-order chi connectivity index (χ1) is 23.1. The first kappa shape index (κ1) is 35.3. The molecule has 1 aromatic carbocycles. The standard InChI is InChI=1S/C32H35FN9O6P/c1-18-23(5-6-26(33)40-18)29(25(41-36)15-39-32-9-19(10-32)11-32)42(30(43)47-17-48-49(44,45)46)22-7-20(12-34)27-24(8-22)28(21(13-35)14-37-27)38-16-31(2,3)4/h5-8,14-15,19,29,36,39H,9-11,16-17H2,1-4H3,(H,37,38)(H2,44,45,46)/b25-15-,41-36?/t19?,29-,32?/m0/s1. The molecule has 3 saturated carbocycles. The van der Waals surface area contributed by atoms with Crippen LogP contribution in [0.1, 0.15) is 68.5 Å². The summed E-state index contributed by atoms with van der Waals surface area (Å²) in [4.78, 5) is 41.8. The van der Waals surface area contributed by atoms with Gasteiger partial charge in [-0.3, -0.25) is 9.88 Å². The van der Waals surface area contributed by atoms with Gasteiger partial charge in [0.1, 0.15) is 23.9 Å². The fraction of sp³-hybridized carbons (Fsp3) is 0.406. The summed E-state index contributed by atoms with van der Waals surface area (Å²) >= 11 is 0. The Bertz CT molecular complexity index is 1960. The SMILES string of the molecule is Cc1nc(F)ccc1[C@@H](/C(=C/NC12CC(C1)C2)N=N)N(C(=O)OCOP(=O)(O)O)c1cc(C#N)c2ncc(C#N)c(NCC(C)(C)C)c2c1. The van der Waals surface area contributed by atoms with Crippen molar-refractivity contribution in [2.75, 3.05) is 23.6 Å². The van der Waals surface area contributed by atoms with E-state index in [1.807, 2.05) is 20.8 Å². The number of hydrogen-bond acceptors (Lipinski definition) is 12. The summed E-state index contributed by atoms with van der Waals surface area (Å²) in [5, 5.41) is 30.9. The number of aryl methyl sites for hydroxylation is 1. The third-order valence-electron chi connectivity index (χ3n) is 8.49. The Labute approximate surface area is 281 Å². The van der Waals surface area contributed by atoms with E-state index in [2.05, 4.69) is 42.4 Å². The van der Waals surface area contributed by atoms with E-state index < -0.39 is 32.7 Å². The number of aromatic nitrogens is 2. The predicted octanol–water partition coefficient (Wildman–Crippen LogP) is 6.04. The predicted molar refractivity (Wildman–Crippen MR) is 174 cm³/mol. The van der Waals surface area contributed by atoms with Gasteiger partial charge in [-0.25, -0.2) is 24.4 Å². The number of nitrogens with zero attached hydrogens (tertiary/aromatic N) is 6. The molecule has 0 aliphatic heterocycles. The van der Waals surface area contributed by atoms with Crippen LogP contribution in [-0.4, -0.2) is 44.7 Å². The van der Waals surface area contributed by atoms with Crippen LogP contribution >= 0.6 is 7.82 Å². The highest BCUT2D eigenvalue weighted by atomic mass is 31.2. The van der Waals surface area contributed by atoms with E-state index in [0.29, 0.717) is 23.5 Å². The Kier molecular flexibility index (Phi) is 9.72. The van der Waals surface area contributed by atoms with E-state index in [1.54, 1.807) is 0 Å². The Morgan fingerprint density at radius 1 is 1.27 bits per heavy atom. The molecule has 1 atom stereocenters. The Balaban J connectivity index is 1.75. The number of nitrogens with one attached hydrogen (secondary N) is 3. The van der Waals surface area contributed by atoms with E-state index in [-0.39, 0.29) is 50.2 Å². The molecule has 49 heavy (non-hydrogen) atoms. The van der Waals surface area contributed by atoms with Gasteiger partial charge < -0.3 is 25.2 Å². The fourth-order valence-electron chi connectivity index (χ4n) is 6.03. The normalized spacial score (nSPS) is 19.0. The molecule has 3 aliphatic rings. The quantitative estimate of drug-likeness (QED) is 0.0633. The molecule has 0 unspecified atom stereocenters. The van der Waals surface area contributed by atoms with Crippen LogP contribution in [0.5, 0.6) is 0 Å². The molecule has 3 aliphatic carbocycles. The van der Waals surface area contributed by atoms with Gasteiger partial charge >= 0.3 is 13.9 Å². The molecule has 6 rings (SSSR count). The monoisotopic (exact) mass is 691 g/mol. The summed E-state index contributed by atoms with van der Waals surface area (Å²) in [5.41, 5.74) is 8.86. The first-order valence-electron chi connectivity index (χ1n) is 15.2. The van der Waals surface area contributed by atoms with E-state index in [0.717, 1.165) is 30.2 Å². The summed E-state index contributed by atoms with van der Waals surface area (Å²) in [6, 6.07) is 8.11. The van der Waals surface area contributed by atoms with Crippen molar-refractivity contribution in [3.8, 4) is 12.1 Å². The Hall–Kier alpha value is -4.99. The molecular formula is C32H35FN9O6P. The smallest absolute Gasteiger partial charge is 0.421 e. The van der Waals surface area contributed by atoms with Crippen molar-refractivity contribution in [2.24, 2.45) is 16.4 Å². The number of anilines is 2. The lowest BCUT2D eigenvalue weighted by Gasteiger charge is -2.62. The number of carbonyl (C=O) groups excluding carboxylic acids is 1. The van der Waals surface area contributed by atoms with Gasteiger partial charge in [0.2, 0.25) is 12.7 Å². The number of benzene rings is 1. The lowest BCUT2D eigenvalue weighted by Crippen LogP contribution is -2.65. The topological polar surface area (TPSA) is 230 Å². The third kappa shape index (κ3) is 7.69. The second kappa shape index (κ2) is 13.5. The first-order valence-corrected chi connectivity index (χ1v) is 16.8. The molecule has 0 spiro atoms. The van der Waals surface area contributed by atoms with Crippen LogP contribution in [0.2, 0.25) is 0 Å². The van der Waals surface area contributed by atoms with Gasteiger partial charge in [0, 0.05) is 41.1 Å². The second-order valence-electron chi connectivity index (χ2n) is 13.4. The number of fused-ring (bicyclic) bond motifs is 1. The largest absolute Gasteiger partial charge is 0.472 e. The molecule has 2 aromatic heterocycles. The molecule has 15 nitrogen and oxygen atoms in total. The minimum Gasteiger partial charge on any atom is -0.421 e. The van der Waals surface area contributed by atoms with Gasteiger partial charge in [-0.05, 0) is 55.7 Å². The molecule has 0 radical (unpaired) electrons. The van der Waals surface area contributed by atoms with Crippen LogP contribution < -0.4 is 15.5 Å². The highest BCUT2D eigenvalue weighted by Gasteiger charge is 2.56. The number of phosphoric ester groups is 1. The Morgan fingerprint density at radius 3 is 2.51 bits per heavy atom. The van der Waals surface area contributed by atoms with Gasteiger partial charge in [-0.1, -0.05) is 26.8 Å². The number of ether oxygens (including phenoxy) is 1. The van der Waals surface area contributed by atoms with Crippen molar-refractivity contribution in [3.05, 3.63) is 70.7 Å². The average Bonchev–Trinajstić information content (AvgIpc) is 2.98. The van der Waals surface area contributed by atoms with Crippen LogP contribution in [0.25, 0.3) is 10.9 Å². The van der Waals surface area contributed by atoms with Gasteiger partial charge in [0.25, 0.3) is 0 Å². The minimum atomic E-state index is -5.06. The lowest BCUT2D eigenvalue weighted by atomic mass is 9.50. The molecule has 2 heterocycles. The molecule has 1 amide bonds. The number of carbonyl (C=O) groups is 1. The van der Waals surface area contributed by atoms with Crippen molar-refractivity contribution < 1.29 is 32.8 Å². The summed E-state index contributed by atoms with van der Waals surface area (Å²) in [6.07, 6.45) is 4.40. The average molecular weight is 692 g/mol. The fourth-order valence-corrected chi connectivity index (χ4v) is 6.22. The van der Waals surface area contributed by atoms with E-state index in [4.69, 9.17) is 10.3 Å². The van der Waals surface area contributed by atoms with Gasteiger partial charge in [0.05, 0.1) is 28.0 Å². The highest BCUT2D eigenvalue weighted by Crippen LogP contribution is 2.57. The number of halogens is 1. The van der Waals surface area contributed by atoms with Gasteiger partial charge in [0.15, 0.2) is 0 Å². The van der Waals surface area contributed by atoms with Crippen LogP contribution in [-0.2, 0) is 13.8 Å². The Morgan fingerprint density at radius 2 is 1.96 bits per heavy atom. The minimum absolute atomic E-state index is 0.00489. The maximum Gasteiger partial charge on any atom is 0.472 e.